The second kappa shape index (κ2) is 5.98. The molecule has 0 bridgehead atoms. The van der Waals surface area contributed by atoms with E-state index in [1.165, 1.54) is 0 Å². The topological polar surface area (TPSA) is 56.3 Å². The quantitative estimate of drug-likeness (QED) is 0.927. The average Bonchev–Trinajstić information content (AvgIpc) is 2.51. The SMILES string of the molecule is Cc1ccc(Oc2cccc(C3CNCCO3)c2)nn1. The third kappa shape index (κ3) is 3.12. The van der Waals surface area contributed by atoms with Crippen LogP contribution in [0, 0.1) is 6.92 Å². The highest BCUT2D eigenvalue weighted by Crippen LogP contribution is 2.25. The molecule has 0 spiro atoms. The summed E-state index contributed by atoms with van der Waals surface area (Å²) in [6.45, 7) is 4.36. The maximum atomic E-state index is 5.74. The Morgan fingerprint density at radius 3 is 2.95 bits per heavy atom. The lowest BCUT2D eigenvalue weighted by molar-refractivity contribution is 0.0276. The maximum Gasteiger partial charge on any atom is 0.238 e. The lowest BCUT2D eigenvalue weighted by Crippen LogP contribution is -2.33. The van der Waals surface area contributed by atoms with Crippen LogP contribution in [0.15, 0.2) is 36.4 Å². The van der Waals surface area contributed by atoms with Crippen molar-refractivity contribution in [2.75, 3.05) is 19.7 Å². The van der Waals surface area contributed by atoms with Crippen molar-refractivity contribution in [2.45, 2.75) is 13.0 Å². The number of nitrogens with one attached hydrogen (secondary N) is 1. The van der Waals surface area contributed by atoms with Crippen LogP contribution >= 0.6 is 0 Å². The fourth-order valence-electron chi connectivity index (χ4n) is 2.12. The fraction of sp³-hybridized carbons (Fsp3) is 0.333. The van der Waals surface area contributed by atoms with Crippen molar-refractivity contribution < 1.29 is 9.47 Å². The molecule has 1 aromatic carbocycles. The van der Waals surface area contributed by atoms with E-state index >= 15 is 0 Å². The Hall–Kier alpha value is -1.98. The first-order valence-corrected chi connectivity index (χ1v) is 6.72. The Labute approximate surface area is 117 Å². The molecule has 1 atom stereocenters. The molecule has 1 aliphatic heterocycles. The number of benzene rings is 1. The Bertz CT molecular complexity index is 566. The van der Waals surface area contributed by atoms with Crippen LogP contribution < -0.4 is 10.1 Å². The highest BCUT2D eigenvalue weighted by Gasteiger charge is 2.16. The van der Waals surface area contributed by atoms with Crippen LogP contribution in [0.1, 0.15) is 17.4 Å². The van der Waals surface area contributed by atoms with Gasteiger partial charge in [0.15, 0.2) is 0 Å². The molecule has 1 saturated heterocycles. The predicted octanol–water partition coefficient (Wildman–Crippen LogP) is 2.24. The van der Waals surface area contributed by atoms with E-state index in [1.807, 2.05) is 43.3 Å². The van der Waals surface area contributed by atoms with Crippen LogP contribution in [0.4, 0.5) is 0 Å². The molecule has 104 valence electrons. The number of ether oxygens (including phenoxy) is 2. The summed E-state index contributed by atoms with van der Waals surface area (Å²) in [5.74, 6) is 1.24. The number of rotatable bonds is 3. The van der Waals surface area contributed by atoms with Gasteiger partial charge in [-0.25, -0.2) is 0 Å². The summed E-state index contributed by atoms with van der Waals surface area (Å²) in [7, 11) is 0. The van der Waals surface area contributed by atoms with Crippen LogP contribution in [-0.2, 0) is 4.74 Å². The van der Waals surface area contributed by atoms with Gasteiger partial charge in [-0.05, 0) is 30.7 Å². The minimum Gasteiger partial charge on any atom is -0.438 e. The smallest absolute Gasteiger partial charge is 0.238 e. The number of aromatic nitrogens is 2. The molecule has 1 N–H and O–H groups in total. The van der Waals surface area contributed by atoms with Crippen molar-refractivity contribution in [3.8, 4) is 11.6 Å². The van der Waals surface area contributed by atoms with Crippen LogP contribution in [0.2, 0.25) is 0 Å². The Balaban J connectivity index is 1.75. The first-order chi connectivity index (χ1) is 9.81. The molecule has 0 radical (unpaired) electrons. The summed E-state index contributed by atoms with van der Waals surface area (Å²) in [4.78, 5) is 0. The van der Waals surface area contributed by atoms with Gasteiger partial charge in [0.25, 0.3) is 0 Å². The van der Waals surface area contributed by atoms with Gasteiger partial charge in [-0.15, -0.1) is 5.10 Å². The number of morpholine rings is 1. The third-order valence-corrected chi connectivity index (χ3v) is 3.15. The minimum atomic E-state index is 0.0800. The molecule has 3 rings (SSSR count). The summed E-state index contributed by atoms with van der Waals surface area (Å²) in [5.41, 5.74) is 1.97. The van der Waals surface area contributed by atoms with Crippen molar-refractivity contribution >= 4 is 0 Å². The zero-order chi connectivity index (χ0) is 13.8. The third-order valence-electron chi connectivity index (χ3n) is 3.15. The molecule has 5 nitrogen and oxygen atoms in total. The van der Waals surface area contributed by atoms with Crippen molar-refractivity contribution in [3.63, 3.8) is 0 Å². The van der Waals surface area contributed by atoms with Gasteiger partial charge in [0.1, 0.15) is 5.75 Å². The molecule has 20 heavy (non-hydrogen) atoms. The molecular formula is C15H17N3O2. The summed E-state index contributed by atoms with van der Waals surface area (Å²) in [6.07, 6.45) is 0.0800. The first kappa shape index (κ1) is 13.0. The highest BCUT2D eigenvalue weighted by molar-refractivity contribution is 5.32. The number of aryl methyl sites for hydroxylation is 1. The Morgan fingerprint density at radius 1 is 1.25 bits per heavy atom. The van der Waals surface area contributed by atoms with E-state index in [0.717, 1.165) is 36.7 Å². The standard InChI is InChI=1S/C15H17N3O2/c1-11-5-6-15(18-17-11)20-13-4-2-3-12(9-13)14-10-16-7-8-19-14/h2-6,9,14,16H,7-8,10H2,1H3. The van der Waals surface area contributed by atoms with Crippen molar-refractivity contribution in [2.24, 2.45) is 0 Å². The molecule has 2 heterocycles. The van der Waals surface area contributed by atoms with E-state index in [2.05, 4.69) is 15.5 Å². The van der Waals surface area contributed by atoms with Crippen LogP contribution in [0.25, 0.3) is 0 Å². The van der Waals surface area contributed by atoms with Crippen LogP contribution in [0.5, 0.6) is 11.6 Å². The maximum absolute atomic E-state index is 5.74. The normalized spacial score (nSPS) is 18.8. The zero-order valence-electron chi connectivity index (χ0n) is 11.4. The molecule has 1 unspecified atom stereocenters. The van der Waals surface area contributed by atoms with Crippen LogP contribution in [-0.4, -0.2) is 29.9 Å². The van der Waals surface area contributed by atoms with Crippen molar-refractivity contribution in [1.29, 1.82) is 0 Å². The Morgan fingerprint density at radius 2 is 2.20 bits per heavy atom. The van der Waals surface area contributed by atoms with Gasteiger partial charge >= 0.3 is 0 Å². The summed E-state index contributed by atoms with van der Waals surface area (Å²) in [5, 5.41) is 11.3. The molecule has 1 fully saturated rings. The van der Waals surface area contributed by atoms with Gasteiger partial charge in [-0.2, -0.15) is 5.10 Å². The molecule has 5 heteroatoms. The molecule has 1 aliphatic rings. The van der Waals surface area contributed by atoms with E-state index in [4.69, 9.17) is 9.47 Å². The predicted molar refractivity (Wildman–Crippen MR) is 74.8 cm³/mol. The molecular weight excluding hydrogens is 254 g/mol. The van der Waals surface area contributed by atoms with Gasteiger partial charge in [0.05, 0.1) is 18.4 Å². The molecule has 2 aromatic rings. The van der Waals surface area contributed by atoms with E-state index in [-0.39, 0.29) is 6.10 Å². The first-order valence-electron chi connectivity index (χ1n) is 6.72. The number of hydrogen-bond donors (Lipinski definition) is 1. The van der Waals surface area contributed by atoms with E-state index < -0.39 is 0 Å². The lowest BCUT2D eigenvalue weighted by Gasteiger charge is -2.24. The van der Waals surface area contributed by atoms with E-state index in [9.17, 15) is 0 Å². The molecule has 0 saturated carbocycles. The fourth-order valence-corrected chi connectivity index (χ4v) is 2.12. The zero-order valence-corrected chi connectivity index (χ0v) is 11.4. The van der Waals surface area contributed by atoms with Crippen molar-refractivity contribution in [3.05, 3.63) is 47.7 Å². The highest BCUT2D eigenvalue weighted by atomic mass is 16.5. The summed E-state index contributed by atoms with van der Waals surface area (Å²) >= 11 is 0. The van der Waals surface area contributed by atoms with Gasteiger partial charge in [0, 0.05) is 19.2 Å². The molecule has 0 aliphatic carbocycles. The average molecular weight is 271 g/mol. The second-order valence-corrected chi connectivity index (χ2v) is 4.75. The number of nitrogens with zero attached hydrogens (tertiary/aromatic N) is 2. The Kier molecular flexibility index (Phi) is 3.90. The monoisotopic (exact) mass is 271 g/mol. The van der Waals surface area contributed by atoms with Gasteiger partial charge < -0.3 is 14.8 Å². The van der Waals surface area contributed by atoms with Gasteiger partial charge in [-0.3, -0.25) is 0 Å². The molecule has 0 amide bonds. The largest absolute Gasteiger partial charge is 0.438 e. The van der Waals surface area contributed by atoms with Gasteiger partial charge in [0.2, 0.25) is 5.88 Å². The van der Waals surface area contributed by atoms with Gasteiger partial charge in [-0.1, -0.05) is 12.1 Å². The second-order valence-electron chi connectivity index (χ2n) is 4.75. The van der Waals surface area contributed by atoms with E-state index in [0.29, 0.717) is 5.88 Å². The molecule has 1 aromatic heterocycles. The number of hydrogen-bond acceptors (Lipinski definition) is 5. The summed E-state index contributed by atoms with van der Waals surface area (Å²) in [6, 6.07) is 11.6. The minimum absolute atomic E-state index is 0.0800. The lowest BCUT2D eigenvalue weighted by atomic mass is 10.1. The summed E-state index contributed by atoms with van der Waals surface area (Å²) < 4.78 is 11.5. The van der Waals surface area contributed by atoms with Crippen LogP contribution in [0.3, 0.4) is 0 Å². The van der Waals surface area contributed by atoms with Crippen molar-refractivity contribution in [1.82, 2.24) is 15.5 Å². The van der Waals surface area contributed by atoms with E-state index in [1.54, 1.807) is 0 Å².